The third-order valence-corrected chi connectivity index (χ3v) is 2.53. The first-order chi connectivity index (χ1) is 3.43. The third-order valence-electron chi connectivity index (χ3n) is 0.600. The van der Waals surface area contributed by atoms with Crippen molar-refractivity contribution in [2.24, 2.45) is 0 Å². The minimum absolute atomic E-state index is 1.23. The summed E-state index contributed by atoms with van der Waals surface area (Å²) >= 11 is 5.69. The highest BCUT2D eigenvalue weighted by molar-refractivity contribution is 8.68. The van der Waals surface area contributed by atoms with Crippen LogP contribution in [0.3, 0.4) is 0 Å². The Morgan fingerprint density at radius 3 is 2.86 bits per heavy atom. The van der Waals surface area contributed by atoms with E-state index in [1.807, 2.05) is 11.4 Å². The van der Waals surface area contributed by atoms with Gasteiger partial charge in [-0.2, -0.15) is 11.3 Å². The first-order valence-electron chi connectivity index (χ1n) is 1.77. The second kappa shape index (κ2) is 2.64. The lowest BCUT2D eigenvalue weighted by Gasteiger charge is -1.77. The van der Waals surface area contributed by atoms with E-state index < -0.39 is 0 Å². The normalized spacial score (nSPS) is 9.29. The van der Waals surface area contributed by atoms with Crippen molar-refractivity contribution in [3.05, 3.63) is 16.8 Å². The van der Waals surface area contributed by atoms with Gasteiger partial charge in [-0.25, -0.2) is 0 Å². The van der Waals surface area contributed by atoms with Gasteiger partial charge in [-0.1, -0.05) is 10.8 Å². The van der Waals surface area contributed by atoms with Gasteiger partial charge in [-0.3, -0.25) is 0 Å². The number of hydrogen-bond acceptors (Lipinski definition) is 3. The summed E-state index contributed by atoms with van der Waals surface area (Å²) in [6.07, 6.45) is 0. The van der Waals surface area contributed by atoms with Gasteiger partial charge in [0.15, 0.2) is 0 Å². The summed E-state index contributed by atoms with van der Waals surface area (Å²) in [7, 11) is 1.48. The molecule has 1 rings (SSSR count). The largest absolute Gasteiger partial charge is 0.151 e. The molecule has 0 fully saturated rings. The van der Waals surface area contributed by atoms with Gasteiger partial charge >= 0.3 is 0 Å². The van der Waals surface area contributed by atoms with E-state index in [0.717, 1.165) is 0 Å². The van der Waals surface area contributed by atoms with Crippen molar-refractivity contribution in [1.82, 2.24) is 0 Å². The van der Waals surface area contributed by atoms with E-state index in [1.165, 1.54) is 15.7 Å². The van der Waals surface area contributed by atoms with Crippen LogP contribution in [0.15, 0.2) is 21.7 Å². The minimum Gasteiger partial charge on any atom is -0.151 e. The Morgan fingerprint density at radius 1 is 1.71 bits per heavy atom. The molecule has 0 atom stereocenters. The first kappa shape index (κ1) is 5.54. The molecule has 0 saturated heterocycles. The fourth-order valence-electron chi connectivity index (χ4n) is 0.304. The fourth-order valence-corrected chi connectivity index (χ4v) is 1.94. The van der Waals surface area contributed by atoms with Gasteiger partial charge in [0.25, 0.3) is 0 Å². The Bertz CT molecular complexity index is 121. The van der Waals surface area contributed by atoms with Crippen LogP contribution in [-0.4, -0.2) is 0 Å². The second-order valence-corrected chi connectivity index (χ2v) is 3.03. The Balaban J connectivity index is 2.76. The van der Waals surface area contributed by atoms with Gasteiger partial charge in [0.05, 0.1) is 0 Å². The molecule has 0 aliphatic rings. The fraction of sp³-hybridized carbons (Fsp3) is 0. The van der Waals surface area contributed by atoms with E-state index >= 15 is 0 Å². The van der Waals surface area contributed by atoms with Crippen LogP contribution in [0.1, 0.15) is 0 Å². The highest BCUT2D eigenvalue weighted by Crippen LogP contribution is 2.22. The summed E-state index contributed by atoms with van der Waals surface area (Å²) in [5, 5.41) is 4.11. The summed E-state index contributed by atoms with van der Waals surface area (Å²) in [6.45, 7) is 0. The van der Waals surface area contributed by atoms with E-state index in [4.69, 9.17) is 0 Å². The smallest absolute Gasteiger partial charge is 0.0287 e. The molecule has 0 saturated carbocycles. The lowest BCUT2D eigenvalue weighted by molar-refractivity contribution is 1.62. The number of hydrogen-bond donors (Lipinski definition) is 1. The number of rotatable bonds is 1. The third kappa shape index (κ3) is 1.40. The molecule has 7 heavy (non-hydrogen) atoms. The molecule has 0 nitrogen and oxygen atoms in total. The SMILES string of the molecule is SSc1ccsc1. The molecule has 0 aliphatic heterocycles. The van der Waals surface area contributed by atoms with Crippen LogP contribution in [0.2, 0.25) is 0 Å². The average molecular weight is 148 g/mol. The van der Waals surface area contributed by atoms with E-state index in [-0.39, 0.29) is 0 Å². The maximum atomic E-state index is 4.00. The molecular formula is C4H4S3. The molecule has 0 amide bonds. The van der Waals surface area contributed by atoms with Gasteiger partial charge < -0.3 is 0 Å². The van der Waals surface area contributed by atoms with Crippen LogP contribution in [0.25, 0.3) is 0 Å². The van der Waals surface area contributed by atoms with Crippen molar-refractivity contribution in [3.8, 4) is 0 Å². The van der Waals surface area contributed by atoms with E-state index in [9.17, 15) is 0 Å². The molecule has 1 aromatic heterocycles. The van der Waals surface area contributed by atoms with Crippen LogP contribution in [0.4, 0.5) is 0 Å². The Kier molecular flexibility index (Phi) is 2.09. The van der Waals surface area contributed by atoms with Crippen LogP contribution in [0, 0.1) is 0 Å². The second-order valence-electron chi connectivity index (χ2n) is 1.05. The van der Waals surface area contributed by atoms with E-state index in [1.54, 1.807) is 11.3 Å². The van der Waals surface area contributed by atoms with Crippen molar-refractivity contribution in [1.29, 1.82) is 0 Å². The molecule has 0 bridgehead atoms. The first-order valence-corrected chi connectivity index (χ1v) is 4.58. The highest BCUT2D eigenvalue weighted by Gasteiger charge is 1.84. The Hall–Kier alpha value is 0.400. The van der Waals surface area contributed by atoms with Gasteiger partial charge in [0, 0.05) is 10.3 Å². The molecule has 1 aromatic rings. The number of thiophene rings is 1. The van der Waals surface area contributed by atoms with E-state index in [0.29, 0.717) is 0 Å². The molecule has 0 aromatic carbocycles. The van der Waals surface area contributed by atoms with Crippen LogP contribution in [0.5, 0.6) is 0 Å². The molecule has 1 heterocycles. The van der Waals surface area contributed by atoms with Gasteiger partial charge in [-0.05, 0) is 11.4 Å². The summed E-state index contributed by atoms with van der Waals surface area (Å²) in [6, 6.07) is 2.04. The maximum absolute atomic E-state index is 4.00. The lowest BCUT2D eigenvalue weighted by Crippen LogP contribution is -1.43. The highest BCUT2D eigenvalue weighted by atomic mass is 33.1. The molecule has 0 spiro atoms. The number of thiol groups is 1. The van der Waals surface area contributed by atoms with Crippen LogP contribution >= 0.6 is 33.8 Å². The predicted molar refractivity (Wildman–Crippen MR) is 39.2 cm³/mol. The zero-order valence-corrected chi connectivity index (χ0v) is 6.02. The van der Waals surface area contributed by atoms with Crippen molar-refractivity contribution in [2.45, 2.75) is 4.90 Å². The van der Waals surface area contributed by atoms with Crippen molar-refractivity contribution in [2.75, 3.05) is 0 Å². The summed E-state index contributed by atoms with van der Waals surface area (Å²) in [4.78, 5) is 1.23. The Labute approximate surface area is 55.7 Å². The van der Waals surface area contributed by atoms with Crippen LogP contribution < -0.4 is 0 Å². The molecule has 0 aliphatic carbocycles. The molecule has 3 heteroatoms. The van der Waals surface area contributed by atoms with Crippen molar-refractivity contribution >= 4 is 33.8 Å². The summed E-state index contributed by atoms with van der Waals surface area (Å²) in [5.74, 6) is 0. The summed E-state index contributed by atoms with van der Waals surface area (Å²) in [5.41, 5.74) is 0. The molecule has 38 valence electrons. The van der Waals surface area contributed by atoms with Crippen molar-refractivity contribution in [3.63, 3.8) is 0 Å². The predicted octanol–water partition coefficient (Wildman–Crippen LogP) is 2.69. The van der Waals surface area contributed by atoms with Gasteiger partial charge in [0.2, 0.25) is 0 Å². The minimum atomic E-state index is 1.23. The molecule has 0 radical (unpaired) electrons. The van der Waals surface area contributed by atoms with E-state index in [2.05, 4.69) is 17.0 Å². The standard InChI is InChI=1S/C4H4S3/c5-7-4-1-2-6-3-4/h1-3,5H. The Morgan fingerprint density at radius 2 is 2.57 bits per heavy atom. The quantitative estimate of drug-likeness (QED) is 0.472. The zero-order valence-electron chi connectivity index (χ0n) is 3.50. The molecular weight excluding hydrogens is 144 g/mol. The maximum Gasteiger partial charge on any atom is 0.0287 e. The molecule has 0 N–H and O–H groups in total. The van der Waals surface area contributed by atoms with Gasteiger partial charge in [0.1, 0.15) is 0 Å². The van der Waals surface area contributed by atoms with Gasteiger partial charge in [-0.15, -0.1) is 11.7 Å². The van der Waals surface area contributed by atoms with Crippen molar-refractivity contribution < 1.29 is 0 Å². The monoisotopic (exact) mass is 148 g/mol. The summed E-state index contributed by atoms with van der Waals surface area (Å²) < 4.78 is 0. The topological polar surface area (TPSA) is 0 Å². The average Bonchev–Trinajstić information content (AvgIpc) is 2.14. The molecule has 0 unspecified atom stereocenters. The zero-order chi connectivity index (χ0) is 5.11. The lowest BCUT2D eigenvalue weighted by atomic mass is 10.7. The van der Waals surface area contributed by atoms with Crippen LogP contribution in [-0.2, 0) is 0 Å².